The van der Waals surface area contributed by atoms with E-state index in [-0.39, 0.29) is 23.1 Å². The normalized spacial score (nSPS) is 15.3. The highest BCUT2D eigenvalue weighted by Gasteiger charge is 2.20. The molecule has 1 aliphatic rings. The number of aliphatic hydroxyl groups excluding tert-OH is 1. The lowest BCUT2D eigenvalue weighted by Gasteiger charge is -2.25. The highest BCUT2D eigenvalue weighted by atomic mass is 35.5. The highest BCUT2D eigenvalue weighted by Crippen LogP contribution is 2.29. The Balaban J connectivity index is 1.27. The van der Waals surface area contributed by atoms with Crippen molar-refractivity contribution in [1.82, 2.24) is 20.6 Å². The van der Waals surface area contributed by atoms with Crippen LogP contribution in [0.25, 0.3) is 17.5 Å². The number of aryl methyl sites for hydroxylation is 1. The van der Waals surface area contributed by atoms with Crippen LogP contribution in [0, 0.1) is 11.2 Å². The molecule has 0 bridgehead atoms. The van der Waals surface area contributed by atoms with Gasteiger partial charge in [-0.3, -0.25) is 10.4 Å². The number of hydrogen-bond donors (Lipinski definition) is 8. The van der Waals surface area contributed by atoms with Crippen LogP contribution in [-0.4, -0.2) is 52.6 Å². The molecule has 248 valence electrons. The van der Waals surface area contributed by atoms with E-state index in [2.05, 4.69) is 30.9 Å². The van der Waals surface area contributed by atoms with Crippen molar-refractivity contribution in [2.75, 3.05) is 23.3 Å². The molecule has 10 N–H and O–H groups in total. The molecule has 11 nitrogen and oxygen atoms in total. The number of rotatable bonds is 15. The summed E-state index contributed by atoms with van der Waals surface area (Å²) in [6.45, 7) is 3.80. The van der Waals surface area contributed by atoms with Gasteiger partial charge in [-0.15, -0.1) is 0 Å². The van der Waals surface area contributed by atoms with Crippen LogP contribution < -0.4 is 43.0 Å². The second kappa shape index (κ2) is 15.9. The predicted molar refractivity (Wildman–Crippen MR) is 186 cm³/mol. The van der Waals surface area contributed by atoms with Gasteiger partial charge in [0.2, 0.25) is 6.35 Å². The van der Waals surface area contributed by atoms with E-state index in [0.717, 1.165) is 53.4 Å². The number of pyridine rings is 1. The Bertz CT molecular complexity index is 1760. The van der Waals surface area contributed by atoms with E-state index < -0.39 is 12.2 Å². The summed E-state index contributed by atoms with van der Waals surface area (Å²) in [5.74, 6) is -0.562. The first-order chi connectivity index (χ1) is 22.7. The molecule has 47 heavy (non-hydrogen) atoms. The molecule has 1 unspecified atom stereocenters. The van der Waals surface area contributed by atoms with Crippen molar-refractivity contribution in [2.45, 2.75) is 57.6 Å². The number of fused-ring (bicyclic) bond motifs is 1. The van der Waals surface area contributed by atoms with Crippen molar-refractivity contribution in [1.29, 1.82) is 5.41 Å². The smallest absolute Gasteiger partial charge is 0.231 e. The number of nitrogens with one attached hydrogen (secondary N) is 5. The molecular weight excluding hydrogens is 619 g/mol. The van der Waals surface area contributed by atoms with E-state index in [1.807, 2.05) is 49.4 Å². The average Bonchev–Trinajstić information content (AvgIpc) is 3.46. The first kappa shape index (κ1) is 33.9. The molecule has 0 fully saturated rings. The van der Waals surface area contributed by atoms with Crippen molar-refractivity contribution >= 4 is 35.1 Å². The summed E-state index contributed by atoms with van der Waals surface area (Å²) in [6, 6.07) is 17.2. The predicted octanol–water partition coefficient (Wildman–Crippen LogP) is 3.14. The second-order valence-corrected chi connectivity index (χ2v) is 12.2. The lowest BCUT2D eigenvalue weighted by Crippen LogP contribution is -2.41. The summed E-state index contributed by atoms with van der Waals surface area (Å²) in [7, 11) is 0. The number of nitrogens with zero attached hydrogens (tertiary/aromatic N) is 3. The maximum atomic E-state index is 15.2. The van der Waals surface area contributed by atoms with E-state index in [9.17, 15) is 5.11 Å². The number of guanidine groups is 1. The maximum absolute atomic E-state index is 15.2. The van der Waals surface area contributed by atoms with Crippen LogP contribution in [0.15, 0.2) is 72.0 Å². The fraction of sp³-hybridized carbons (Fsp3) is 0.324. The Morgan fingerprint density at radius 2 is 1.98 bits per heavy atom. The molecule has 0 saturated carbocycles. The van der Waals surface area contributed by atoms with Crippen LogP contribution in [0.2, 0.25) is 5.02 Å². The number of nitrogens with two attached hydrogens (primary N) is 2. The first-order valence-corrected chi connectivity index (χ1v) is 16.1. The number of aromatic nitrogens is 2. The Morgan fingerprint density at radius 3 is 2.70 bits per heavy atom. The Kier molecular flexibility index (Phi) is 11.4. The van der Waals surface area contributed by atoms with E-state index >= 15 is 4.39 Å². The zero-order valence-corrected chi connectivity index (χ0v) is 27.1. The molecule has 3 heterocycles. The molecule has 13 heteroatoms. The fourth-order valence-electron chi connectivity index (χ4n) is 5.44. The Labute approximate surface area is 278 Å². The minimum atomic E-state index is -1.16. The largest absolute Gasteiger partial charge is 0.382 e. The van der Waals surface area contributed by atoms with Crippen LogP contribution >= 0.6 is 11.6 Å². The molecule has 2 aromatic carbocycles. The fourth-order valence-corrected chi connectivity index (χ4v) is 5.68. The Morgan fingerprint density at radius 1 is 1.17 bits per heavy atom. The molecule has 5 rings (SSSR count). The van der Waals surface area contributed by atoms with E-state index in [0.29, 0.717) is 36.4 Å². The lowest BCUT2D eigenvalue weighted by molar-refractivity contribution is 0.186. The van der Waals surface area contributed by atoms with Gasteiger partial charge >= 0.3 is 0 Å². The molecule has 0 radical (unpaired) electrons. The van der Waals surface area contributed by atoms with Gasteiger partial charge in [0.15, 0.2) is 11.8 Å². The SMILES string of the molecule is C[C@H](N)CCCc1cc(Cl)c(F)c(-c2cc3c([nH]2)=NC(O)N(c2ccc(CN[C@H](CCNC(=N)N)CNc4cccnc4)cc2)C=3)c1. The third kappa shape index (κ3) is 9.29. The topological polar surface area (TPSA) is 176 Å². The molecule has 1 aliphatic heterocycles. The molecule has 2 aromatic heterocycles. The number of aromatic amines is 1. The summed E-state index contributed by atoms with van der Waals surface area (Å²) in [5.41, 5.74) is 16.4. The molecular formula is C34H42ClFN10O. The van der Waals surface area contributed by atoms with Gasteiger partial charge < -0.3 is 42.4 Å². The number of aliphatic hydroxyl groups is 1. The zero-order chi connectivity index (χ0) is 33.3. The van der Waals surface area contributed by atoms with Crippen LogP contribution in [0.5, 0.6) is 0 Å². The summed E-state index contributed by atoms with van der Waals surface area (Å²) in [5, 5.41) is 29.0. The molecule has 4 aromatic rings. The van der Waals surface area contributed by atoms with Crippen LogP contribution in [-0.2, 0) is 13.0 Å². The first-order valence-electron chi connectivity index (χ1n) is 15.7. The van der Waals surface area contributed by atoms with Gasteiger partial charge in [-0.25, -0.2) is 9.38 Å². The van der Waals surface area contributed by atoms with Gasteiger partial charge in [0.05, 0.1) is 16.4 Å². The van der Waals surface area contributed by atoms with Crippen LogP contribution in [0.3, 0.4) is 0 Å². The standard InChI is InChI=1S/C34H42ClFN10O/c1-21(37)4-2-5-23-14-28(31(36)29(35)15-23)30-16-24-20-46(34(47)45-32(24)44-30)27-9-7-22(8-10-27)17-42-26(11-13-41-33(38)39)19-43-25-6-3-12-40-18-25/h3,6-10,12,14-16,18,20-21,26,34,42-43,47H,2,4-5,11,13,17,19,37H2,1H3,(H,44,45)(H4,38,39,41)/t21-,26+,34?/m0/s1. The highest BCUT2D eigenvalue weighted by molar-refractivity contribution is 6.31. The van der Waals surface area contributed by atoms with Crippen molar-refractivity contribution in [2.24, 2.45) is 16.5 Å². The molecule has 0 aliphatic carbocycles. The molecule has 0 amide bonds. The van der Waals surface area contributed by atoms with Crippen molar-refractivity contribution in [3.8, 4) is 11.3 Å². The quantitative estimate of drug-likeness (QED) is 0.0708. The molecule has 0 saturated heterocycles. The minimum absolute atomic E-state index is 0.0551. The number of halogens is 2. The van der Waals surface area contributed by atoms with E-state index in [1.165, 1.54) is 0 Å². The van der Waals surface area contributed by atoms with Gasteiger partial charge in [0, 0.05) is 66.8 Å². The summed E-state index contributed by atoms with van der Waals surface area (Å²) in [4.78, 5) is 13.4. The molecule has 0 spiro atoms. The maximum Gasteiger partial charge on any atom is 0.231 e. The van der Waals surface area contributed by atoms with Crippen molar-refractivity contribution in [3.63, 3.8) is 0 Å². The third-order valence-electron chi connectivity index (χ3n) is 7.95. The lowest BCUT2D eigenvalue weighted by atomic mass is 10.0. The second-order valence-electron chi connectivity index (χ2n) is 11.8. The van der Waals surface area contributed by atoms with Gasteiger partial charge in [-0.1, -0.05) is 23.7 Å². The Hall–Kier alpha value is -4.49. The third-order valence-corrected chi connectivity index (χ3v) is 8.23. The number of hydrogen-bond acceptors (Lipinski definition) is 8. The summed E-state index contributed by atoms with van der Waals surface area (Å²) in [6.07, 6.45) is 7.37. The van der Waals surface area contributed by atoms with E-state index in [4.69, 9.17) is 28.5 Å². The molecule has 3 atom stereocenters. The average molecular weight is 661 g/mol. The summed E-state index contributed by atoms with van der Waals surface area (Å²) >= 11 is 6.27. The zero-order valence-electron chi connectivity index (χ0n) is 26.3. The van der Waals surface area contributed by atoms with Gasteiger partial charge in [-0.2, -0.15) is 0 Å². The van der Waals surface area contributed by atoms with Crippen LogP contribution in [0.4, 0.5) is 15.8 Å². The summed E-state index contributed by atoms with van der Waals surface area (Å²) < 4.78 is 15.2. The van der Waals surface area contributed by atoms with Crippen LogP contribution in [0.1, 0.15) is 37.3 Å². The van der Waals surface area contributed by atoms with Gasteiger partial charge in [0.25, 0.3) is 0 Å². The van der Waals surface area contributed by atoms with E-state index in [1.54, 1.807) is 35.6 Å². The van der Waals surface area contributed by atoms with Gasteiger partial charge in [-0.05, 0) is 86.2 Å². The van der Waals surface area contributed by atoms with Crippen molar-refractivity contribution in [3.05, 3.63) is 99.7 Å². The number of benzene rings is 2. The number of anilines is 2. The monoisotopic (exact) mass is 660 g/mol. The van der Waals surface area contributed by atoms with Gasteiger partial charge in [0.1, 0.15) is 5.49 Å². The number of H-pyrrole nitrogens is 1. The van der Waals surface area contributed by atoms with Crippen molar-refractivity contribution < 1.29 is 9.50 Å². The minimum Gasteiger partial charge on any atom is -0.382 e.